The lowest BCUT2D eigenvalue weighted by Crippen LogP contribution is -2.50. The fourth-order valence-corrected chi connectivity index (χ4v) is 4.61. The molecule has 1 aliphatic rings. The molecule has 3 aromatic rings. The maximum atomic E-state index is 13.8. The summed E-state index contributed by atoms with van der Waals surface area (Å²) in [6, 6.07) is 2.70. The Balaban J connectivity index is 1.50. The van der Waals surface area contributed by atoms with Crippen molar-refractivity contribution in [3.63, 3.8) is 0 Å². The van der Waals surface area contributed by atoms with E-state index >= 15 is 0 Å². The first-order chi connectivity index (χ1) is 14.4. The van der Waals surface area contributed by atoms with E-state index in [0.717, 1.165) is 40.4 Å². The number of halogens is 2. The number of anilines is 2. The zero-order valence-electron chi connectivity index (χ0n) is 17.1. The Morgan fingerprint density at radius 3 is 2.57 bits per heavy atom. The molecule has 6 nitrogen and oxygen atoms in total. The van der Waals surface area contributed by atoms with Crippen LogP contribution < -0.4 is 10.2 Å². The largest absolute Gasteiger partial charge is 0.352 e. The van der Waals surface area contributed by atoms with E-state index in [1.54, 1.807) is 16.2 Å². The van der Waals surface area contributed by atoms with E-state index in [1.165, 1.54) is 16.5 Å². The maximum Gasteiger partial charge on any atom is 0.322 e. The van der Waals surface area contributed by atoms with Gasteiger partial charge in [-0.3, -0.25) is 0 Å². The van der Waals surface area contributed by atoms with Crippen LogP contribution in [0.15, 0.2) is 18.2 Å². The quantitative estimate of drug-likeness (QED) is 0.663. The van der Waals surface area contributed by atoms with E-state index in [0.29, 0.717) is 26.2 Å². The molecular formula is C21H23F2N5OS. The predicted octanol–water partition coefficient (Wildman–Crippen LogP) is 4.50. The molecule has 0 radical (unpaired) electrons. The first-order valence-electron chi connectivity index (χ1n) is 9.90. The third-order valence-electron chi connectivity index (χ3n) is 5.41. The summed E-state index contributed by atoms with van der Waals surface area (Å²) in [5, 5.41) is 3.61. The topological polar surface area (TPSA) is 61.4 Å². The van der Waals surface area contributed by atoms with Crippen LogP contribution in [0.3, 0.4) is 0 Å². The normalized spacial score (nSPS) is 14.4. The lowest BCUT2D eigenvalue weighted by molar-refractivity contribution is 0.208. The average Bonchev–Trinajstić information content (AvgIpc) is 3.03. The Kier molecular flexibility index (Phi) is 5.55. The van der Waals surface area contributed by atoms with Crippen molar-refractivity contribution in [2.45, 2.75) is 27.2 Å². The molecule has 3 heterocycles. The molecule has 0 unspecified atom stereocenters. The third kappa shape index (κ3) is 3.81. The molecule has 0 bridgehead atoms. The van der Waals surface area contributed by atoms with Crippen molar-refractivity contribution >= 4 is 39.1 Å². The number of urea groups is 1. The minimum Gasteiger partial charge on any atom is -0.352 e. The van der Waals surface area contributed by atoms with E-state index in [-0.39, 0.29) is 5.69 Å². The first kappa shape index (κ1) is 20.5. The Labute approximate surface area is 177 Å². The second kappa shape index (κ2) is 8.14. The van der Waals surface area contributed by atoms with Crippen molar-refractivity contribution in [1.82, 2.24) is 14.9 Å². The van der Waals surface area contributed by atoms with Gasteiger partial charge >= 0.3 is 6.03 Å². The molecule has 1 aliphatic heterocycles. The second-order valence-corrected chi connectivity index (χ2v) is 8.51. The van der Waals surface area contributed by atoms with Gasteiger partial charge in [0.2, 0.25) is 0 Å². The first-order valence-corrected chi connectivity index (χ1v) is 10.7. The van der Waals surface area contributed by atoms with Gasteiger partial charge in [0, 0.05) is 43.5 Å². The summed E-state index contributed by atoms with van der Waals surface area (Å²) in [6.45, 7) is 8.40. The molecular weight excluding hydrogens is 408 g/mol. The maximum absolute atomic E-state index is 13.8. The molecule has 0 atom stereocenters. The average molecular weight is 432 g/mol. The van der Waals surface area contributed by atoms with Gasteiger partial charge in [0.05, 0.1) is 11.1 Å². The number of carbonyl (C=O) groups excluding carboxylic acids is 1. The third-order valence-corrected chi connectivity index (χ3v) is 6.51. The molecule has 4 rings (SSSR count). The number of thiophene rings is 1. The lowest BCUT2D eigenvalue weighted by atomic mass is 10.2. The highest BCUT2D eigenvalue weighted by molar-refractivity contribution is 7.18. The van der Waals surface area contributed by atoms with Crippen LogP contribution in [0.2, 0.25) is 0 Å². The van der Waals surface area contributed by atoms with Gasteiger partial charge in [0.25, 0.3) is 0 Å². The highest BCUT2D eigenvalue weighted by Gasteiger charge is 2.25. The van der Waals surface area contributed by atoms with Gasteiger partial charge in [0.15, 0.2) is 0 Å². The monoisotopic (exact) mass is 431 g/mol. The molecule has 0 aliphatic carbocycles. The van der Waals surface area contributed by atoms with E-state index < -0.39 is 17.7 Å². The van der Waals surface area contributed by atoms with E-state index in [9.17, 15) is 13.6 Å². The summed E-state index contributed by atoms with van der Waals surface area (Å²) in [6.07, 6.45) is 0.755. The number of aryl methyl sites for hydroxylation is 3. The highest BCUT2D eigenvalue weighted by atomic mass is 32.1. The molecule has 30 heavy (non-hydrogen) atoms. The molecule has 158 valence electrons. The number of hydrogen-bond acceptors (Lipinski definition) is 5. The highest BCUT2D eigenvalue weighted by Crippen LogP contribution is 2.35. The number of nitrogens with zero attached hydrogens (tertiary/aromatic N) is 4. The summed E-state index contributed by atoms with van der Waals surface area (Å²) in [4.78, 5) is 28.0. The van der Waals surface area contributed by atoms with Crippen LogP contribution in [0.4, 0.5) is 25.1 Å². The number of nitrogens with one attached hydrogen (secondary N) is 1. The van der Waals surface area contributed by atoms with E-state index in [1.807, 2.05) is 6.92 Å². The summed E-state index contributed by atoms with van der Waals surface area (Å²) in [5.41, 5.74) is 1.16. The van der Waals surface area contributed by atoms with Crippen LogP contribution in [0.1, 0.15) is 23.2 Å². The molecule has 2 aromatic heterocycles. The van der Waals surface area contributed by atoms with Gasteiger partial charge in [-0.1, -0.05) is 6.92 Å². The molecule has 0 saturated carbocycles. The SMILES string of the molecule is CCc1nc(N2CCN(C(=O)Nc3ccc(F)cc3F)CC2)c2c(C)c(C)sc2n1. The molecule has 1 saturated heterocycles. The number of amides is 2. The fourth-order valence-electron chi connectivity index (χ4n) is 3.56. The van der Waals surface area contributed by atoms with Crippen molar-refractivity contribution in [2.24, 2.45) is 0 Å². The number of carbonyl (C=O) groups is 1. The van der Waals surface area contributed by atoms with Gasteiger partial charge in [-0.25, -0.2) is 23.5 Å². The standard InChI is InChI=1S/C21H23F2N5OS/c1-4-17-25-19(18-12(2)13(3)30-20(18)26-17)27-7-9-28(10-8-27)21(29)24-16-6-5-14(22)11-15(16)23/h5-6,11H,4,7-10H2,1-3H3,(H,24,29). The summed E-state index contributed by atoms with van der Waals surface area (Å²) in [5.74, 6) is 0.260. The summed E-state index contributed by atoms with van der Waals surface area (Å²) in [7, 11) is 0. The Morgan fingerprint density at radius 1 is 1.17 bits per heavy atom. The molecule has 2 amide bonds. The lowest BCUT2D eigenvalue weighted by Gasteiger charge is -2.35. The zero-order chi connectivity index (χ0) is 21.4. The van der Waals surface area contributed by atoms with Crippen molar-refractivity contribution in [3.05, 3.63) is 46.1 Å². The summed E-state index contributed by atoms with van der Waals surface area (Å²) >= 11 is 1.68. The number of aromatic nitrogens is 2. The van der Waals surface area contributed by atoms with Gasteiger partial charge in [0.1, 0.15) is 28.1 Å². The molecule has 9 heteroatoms. The smallest absolute Gasteiger partial charge is 0.322 e. The van der Waals surface area contributed by atoms with Crippen LogP contribution in [0.25, 0.3) is 10.2 Å². The number of rotatable bonds is 3. The Hall–Kier alpha value is -2.81. The van der Waals surface area contributed by atoms with E-state index in [2.05, 4.69) is 29.0 Å². The molecule has 1 N–H and O–H groups in total. The molecule has 0 spiro atoms. The second-order valence-electron chi connectivity index (χ2n) is 7.31. The minimum absolute atomic E-state index is 0.0294. The van der Waals surface area contributed by atoms with Crippen LogP contribution >= 0.6 is 11.3 Å². The van der Waals surface area contributed by atoms with Gasteiger partial charge < -0.3 is 15.1 Å². The Morgan fingerprint density at radius 2 is 1.90 bits per heavy atom. The molecule has 1 fully saturated rings. The van der Waals surface area contributed by atoms with Crippen LogP contribution in [-0.4, -0.2) is 47.1 Å². The zero-order valence-corrected chi connectivity index (χ0v) is 17.9. The predicted molar refractivity (Wildman–Crippen MR) is 115 cm³/mol. The van der Waals surface area contributed by atoms with Crippen molar-refractivity contribution in [1.29, 1.82) is 0 Å². The van der Waals surface area contributed by atoms with Gasteiger partial charge in [-0.15, -0.1) is 11.3 Å². The van der Waals surface area contributed by atoms with Gasteiger partial charge in [-0.05, 0) is 31.5 Å². The van der Waals surface area contributed by atoms with Crippen LogP contribution in [0.5, 0.6) is 0 Å². The van der Waals surface area contributed by atoms with Crippen molar-refractivity contribution in [3.8, 4) is 0 Å². The van der Waals surface area contributed by atoms with E-state index in [4.69, 9.17) is 4.98 Å². The number of piperazine rings is 1. The van der Waals surface area contributed by atoms with Crippen molar-refractivity contribution in [2.75, 3.05) is 36.4 Å². The van der Waals surface area contributed by atoms with Crippen LogP contribution in [-0.2, 0) is 6.42 Å². The Bertz CT molecular complexity index is 1110. The number of hydrogen-bond donors (Lipinski definition) is 1. The van der Waals surface area contributed by atoms with Crippen molar-refractivity contribution < 1.29 is 13.6 Å². The molecule has 1 aromatic carbocycles. The fraction of sp³-hybridized carbons (Fsp3) is 0.381. The number of benzene rings is 1. The number of fused-ring (bicyclic) bond motifs is 1. The van der Waals surface area contributed by atoms with Crippen LogP contribution in [0, 0.1) is 25.5 Å². The summed E-state index contributed by atoms with van der Waals surface area (Å²) < 4.78 is 26.9. The minimum atomic E-state index is -0.791. The van der Waals surface area contributed by atoms with Gasteiger partial charge in [-0.2, -0.15) is 0 Å².